The van der Waals surface area contributed by atoms with Crippen LogP contribution in [-0.4, -0.2) is 58.2 Å². The number of hydrogen-bond acceptors (Lipinski definition) is 10. The molecule has 0 aliphatic rings. The minimum atomic E-state index is -4.00. The van der Waals surface area contributed by atoms with Crippen LogP contribution < -0.4 is 9.66 Å². The summed E-state index contributed by atoms with van der Waals surface area (Å²) in [4.78, 5) is 5.27. The second-order valence-corrected chi connectivity index (χ2v) is 18.9. The fraction of sp³-hybridized carbons (Fsp3) is 0.208. The second kappa shape index (κ2) is 19.6. The average molecular weight is 893 g/mol. The van der Waals surface area contributed by atoms with Gasteiger partial charge in [-0.05, 0) is 99.2 Å². The van der Waals surface area contributed by atoms with Crippen LogP contribution in [0.5, 0.6) is 0 Å². The summed E-state index contributed by atoms with van der Waals surface area (Å²) in [6.45, 7) is 3.80. The van der Waals surface area contributed by atoms with E-state index in [1.165, 1.54) is 0 Å². The zero-order chi connectivity index (χ0) is 44.5. The summed E-state index contributed by atoms with van der Waals surface area (Å²) in [7, 11) is -8.01. The molecule has 0 aliphatic heterocycles. The molecule has 0 spiro atoms. The molecule has 326 valence electrons. The Kier molecular flexibility index (Phi) is 13.3. The van der Waals surface area contributed by atoms with E-state index in [4.69, 9.17) is 0 Å². The minimum absolute atomic E-state index is 0.106. The lowest BCUT2D eigenvalue weighted by molar-refractivity contribution is 0.576. The quantitative estimate of drug-likeness (QED) is 0.0460. The molecule has 14 nitrogen and oxygen atoms in total. The zero-order valence-electron chi connectivity index (χ0n) is 35.4. The lowest BCUT2D eigenvalue weighted by atomic mass is 9.95. The van der Waals surface area contributed by atoms with Crippen molar-refractivity contribution in [2.75, 3.05) is 0 Å². The van der Waals surface area contributed by atoms with Crippen molar-refractivity contribution in [2.24, 2.45) is 10.2 Å². The van der Waals surface area contributed by atoms with Crippen molar-refractivity contribution in [3.63, 3.8) is 0 Å². The fourth-order valence-corrected chi connectivity index (χ4v) is 9.30. The van der Waals surface area contributed by atoms with Gasteiger partial charge in [-0.3, -0.25) is 0 Å². The van der Waals surface area contributed by atoms with Gasteiger partial charge in [0.1, 0.15) is 23.1 Å². The van der Waals surface area contributed by atoms with Crippen LogP contribution in [0.25, 0.3) is 22.1 Å². The summed E-state index contributed by atoms with van der Waals surface area (Å²) in [5.41, 5.74) is 7.71. The highest BCUT2D eigenvalue weighted by Crippen LogP contribution is 2.29. The van der Waals surface area contributed by atoms with Gasteiger partial charge in [0.25, 0.3) is 20.0 Å². The van der Waals surface area contributed by atoms with Gasteiger partial charge < -0.3 is 0 Å². The van der Waals surface area contributed by atoms with Gasteiger partial charge in [-0.1, -0.05) is 144 Å². The molecule has 0 saturated carbocycles. The second-order valence-electron chi connectivity index (χ2n) is 15.6. The number of benzene rings is 6. The van der Waals surface area contributed by atoms with Gasteiger partial charge in [-0.25, -0.2) is 19.0 Å². The van der Waals surface area contributed by atoms with Crippen LogP contribution in [0.1, 0.15) is 72.9 Å². The third-order valence-electron chi connectivity index (χ3n) is 11.0. The molecule has 0 aliphatic carbocycles. The fourth-order valence-electron chi connectivity index (χ4n) is 7.63. The van der Waals surface area contributed by atoms with Crippen LogP contribution in [0.15, 0.2) is 178 Å². The van der Waals surface area contributed by atoms with Crippen molar-refractivity contribution < 1.29 is 16.8 Å². The first-order chi connectivity index (χ1) is 31.1. The molecular weight excluding hydrogens is 845 g/mol. The maximum atomic E-state index is 13.6. The lowest BCUT2D eigenvalue weighted by Gasteiger charge is -2.22. The van der Waals surface area contributed by atoms with Crippen molar-refractivity contribution in [3.05, 3.63) is 180 Å². The summed E-state index contributed by atoms with van der Waals surface area (Å²) in [6, 6.07) is 46.8. The molecule has 0 radical (unpaired) electrons. The number of hydrogen-bond donors (Lipinski definition) is 2. The average Bonchev–Trinajstić information content (AvgIpc) is 3.94. The Hall–Kier alpha value is -7.04. The minimum Gasteiger partial charge on any atom is -0.231 e. The Morgan fingerprint density at radius 2 is 0.844 bits per heavy atom. The number of unbranched alkanes of at least 4 members (excludes halogenated alkanes) is 3. The Balaban J connectivity index is 1.07. The number of nitrogens with one attached hydrogen (secondary N) is 2. The maximum Gasteiger partial charge on any atom is 0.276 e. The Morgan fingerprint density at radius 1 is 0.484 bits per heavy atom. The Bertz CT molecular complexity index is 2910. The van der Waals surface area contributed by atoms with Crippen LogP contribution in [0.3, 0.4) is 0 Å². The van der Waals surface area contributed by atoms with Crippen LogP contribution in [-0.2, 0) is 20.0 Å². The molecule has 2 atom stereocenters. The first-order valence-corrected chi connectivity index (χ1v) is 24.0. The van der Waals surface area contributed by atoms with Gasteiger partial charge in [0, 0.05) is 0 Å². The van der Waals surface area contributed by atoms with Crippen LogP contribution in [0.2, 0.25) is 0 Å². The van der Waals surface area contributed by atoms with E-state index in [0.717, 1.165) is 46.1 Å². The molecule has 2 N–H and O–H groups in total. The number of aromatic nitrogens is 6. The number of rotatable bonds is 19. The van der Waals surface area contributed by atoms with Crippen molar-refractivity contribution in [2.45, 2.75) is 74.2 Å². The van der Waals surface area contributed by atoms with Gasteiger partial charge >= 0.3 is 0 Å². The molecule has 2 aromatic heterocycles. The first kappa shape index (κ1) is 43.6. The molecule has 0 saturated heterocycles. The summed E-state index contributed by atoms with van der Waals surface area (Å²) in [5, 5.41) is 27.3. The van der Waals surface area contributed by atoms with Gasteiger partial charge in [-0.2, -0.15) is 27.0 Å². The van der Waals surface area contributed by atoms with Crippen molar-refractivity contribution in [3.8, 4) is 0 Å². The van der Waals surface area contributed by atoms with E-state index in [0.29, 0.717) is 48.1 Å². The van der Waals surface area contributed by atoms with Crippen LogP contribution in [0.4, 0.5) is 0 Å². The summed E-state index contributed by atoms with van der Waals surface area (Å²) < 4.78 is 58.0. The van der Waals surface area contributed by atoms with Crippen molar-refractivity contribution in [1.82, 2.24) is 39.6 Å². The molecule has 0 amide bonds. The van der Waals surface area contributed by atoms with E-state index in [-0.39, 0.29) is 9.79 Å². The predicted molar refractivity (Wildman–Crippen MR) is 250 cm³/mol. The van der Waals surface area contributed by atoms with E-state index in [9.17, 15) is 16.8 Å². The van der Waals surface area contributed by atoms with Crippen molar-refractivity contribution in [1.29, 1.82) is 0 Å². The highest BCUT2D eigenvalue weighted by Gasteiger charge is 2.27. The highest BCUT2D eigenvalue weighted by atomic mass is 32.2. The van der Waals surface area contributed by atoms with E-state index in [1.807, 2.05) is 123 Å². The number of aryl methyl sites for hydroxylation is 2. The molecule has 0 bridgehead atoms. The van der Waals surface area contributed by atoms with Gasteiger partial charge in [-0.15, -0.1) is 10.2 Å². The molecule has 2 heterocycles. The van der Waals surface area contributed by atoms with Gasteiger partial charge in [0.05, 0.1) is 32.2 Å². The lowest BCUT2D eigenvalue weighted by Crippen LogP contribution is -2.27. The molecule has 16 heteroatoms. The highest BCUT2D eigenvalue weighted by molar-refractivity contribution is 7.89. The third-order valence-corrected chi connectivity index (χ3v) is 13.5. The molecule has 0 fully saturated rings. The number of nitrogens with zero attached hydrogens (tertiary/aromatic N) is 8. The zero-order valence-corrected chi connectivity index (χ0v) is 37.1. The van der Waals surface area contributed by atoms with E-state index >= 15 is 0 Å². The molecular formula is C48H48N10O4S2. The standard InChI is InChI=1S/C48H48N10O4S2/c1-35-27-31-39(32-28-35)63(59,60)55-51-43(47(37-17-7-5-8-18-37)57-45-25-15-13-21-41(45)49-53-57)23-11-3-4-12-24-44(52-56-64(61,62)40-33-29-36(2)30-34-40)48(38-19-9-6-10-20-38)58-46-26-16-14-22-42(46)50-54-58/h5-10,13-22,25-34,47-48,55-56H,3-4,11-12,23-24H2,1-2H3/b51-43-,52-44+. The first-order valence-electron chi connectivity index (χ1n) is 21.1. The van der Waals surface area contributed by atoms with Gasteiger partial charge in [0.2, 0.25) is 0 Å². The molecule has 6 aromatic carbocycles. The number of sulfonamides is 2. The third kappa shape index (κ3) is 10.1. The van der Waals surface area contributed by atoms with Crippen LogP contribution >= 0.6 is 0 Å². The summed E-state index contributed by atoms with van der Waals surface area (Å²) >= 11 is 0. The number of fused-ring (bicyclic) bond motifs is 2. The Labute approximate surface area is 372 Å². The SMILES string of the molecule is Cc1ccc(S(=O)(=O)N/N=C(/CCCCCC/C(=N\NS(=O)(=O)c2ccc(C)cc2)C(c2ccccc2)n2nnc3ccccc32)C(c2ccccc2)n2nnc3ccccc32)cc1. The normalized spacial score (nSPS) is 13.5. The largest absolute Gasteiger partial charge is 0.276 e. The summed E-state index contributed by atoms with van der Waals surface area (Å²) in [6.07, 6.45) is 3.66. The molecule has 8 rings (SSSR count). The van der Waals surface area contributed by atoms with E-state index in [2.05, 4.69) is 40.5 Å². The Morgan fingerprint density at radius 3 is 1.23 bits per heavy atom. The molecule has 2 unspecified atom stereocenters. The number of hydrazone groups is 2. The van der Waals surface area contributed by atoms with Crippen LogP contribution in [0, 0.1) is 13.8 Å². The van der Waals surface area contributed by atoms with E-state index in [1.54, 1.807) is 57.9 Å². The summed E-state index contributed by atoms with van der Waals surface area (Å²) in [5.74, 6) is 0. The monoisotopic (exact) mass is 892 g/mol. The van der Waals surface area contributed by atoms with Crippen molar-refractivity contribution >= 4 is 53.5 Å². The van der Waals surface area contributed by atoms with E-state index < -0.39 is 32.1 Å². The van der Waals surface area contributed by atoms with Gasteiger partial charge in [0.15, 0.2) is 0 Å². The smallest absolute Gasteiger partial charge is 0.231 e. The predicted octanol–water partition coefficient (Wildman–Crippen LogP) is 8.68. The molecule has 8 aromatic rings. The maximum absolute atomic E-state index is 13.6. The topological polar surface area (TPSA) is 178 Å². The molecule has 64 heavy (non-hydrogen) atoms. The number of para-hydroxylation sites is 2.